The number of carbonyl (C=O) groups is 1. The predicted octanol–water partition coefficient (Wildman–Crippen LogP) is 1.78. The lowest BCUT2D eigenvalue weighted by molar-refractivity contribution is 0.0708. The van der Waals surface area contributed by atoms with E-state index in [0.29, 0.717) is 11.5 Å². The maximum atomic E-state index is 12.1. The Hall–Kier alpha value is -1.58. The summed E-state index contributed by atoms with van der Waals surface area (Å²) in [6, 6.07) is 3.60. The van der Waals surface area contributed by atoms with E-state index in [1.54, 1.807) is 30.3 Å². The zero-order valence-corrected chi connectivity index (χ0v) is 10.3. The largest absolute Gasteiger partial charge is 0.383 e. The van der Waals surface area contributed by atoms with Crippen LogP contribution in [0.25, 0.3) is 0 Å². The summed E-state index contributed by atoms with van der Waals surface area (Å²) in [4.78, 5) is 17.7. The molecule has 0 aliphatic heterocycles. The summed E-state index contributed by atoms with van der Waals surface area (Å²) in [5, 5.41) is 0. The van der Waals surface area contributed by atoms with Crippen molar-refractivity contribution in [3.05, 3.63) is 23.9 Å². The van der Waals surface area contributed by atoms with Crippen LogP contribution in [0.15, 0.2) is 18.3 Å². The highest BCUT2D eigenvalue weighted by Crippen LogP contribution is 2.15. The Labute approximate surface area is 96.5 Å². The molecule has 0 spiro atoms. The lowest BCUT2D eigenvalue weighted by Crippen LogP contribution is -2.38. The number of anilines is 1. The maximum Gasteiger partial charge on any atom is 0.257 e. The molecular weight excluding hydrogens is 202 g/mol. The molecule has 1 rings (SSSR count). The number of carbonyl (C=O) groups excluding carboxylic acids is 1. The van der Waals surface area contributed by atoms with Crippen molar-refractivity contribution in [2.75, 3.05) is 12.8 Å². The SMILES string of the molecule is CC(C)C(C)N(C)C(=O)c1cccnc1N. The molecule has 1 unspecified atom stereocenters. The third-order valence-electron chi connectivity index (χ3n) is 2.96. The number of nitrogens with zero attached hydrogens (tertiary/aromatic N) is 2. The van der Waals surface area contributed by atoms with Crippen molar-refractivity contribution in [1.82, 2.24) is 9.88 Å². The molecule has 1 amide bonds. The highest BCUT2D eigenvalue weighted by molar-refractivity contribution is 5.98. The van der Waals surface area contributed by atoms with Gasteiger partial charge in [0.15, 0.2) is 0 Å². The molecule has 0 radical (unpaired) electrons. The van der Waals surface area contributed by atoms with Gasteiger partial charge in [-0.25, -0.2) is 4.98 Å². The number of pyridine rings is 1. The minimum Gasteiger partial charge on any atom is -0.383 e. The van der Waals surface area contributed by atoms with E-state index < -0.39 is 0 Å². The van der Waals surface area contributed by atoms with Crippen LogP contribution in [0.1, 0.15) is 31.1 Å². The number of aromatic nitrogens is 1. The standard InChI is InChI=1S/C12H19N3O/c1-8(2)9(3)15(4)12(16)10-6-5-7-14-11(10)13/h5-9H,1-4H3,(H2,13,14). The smallest absolute Gasteiger partial charge is 0.257 e. The summed E-state index contributed by atoms with van der Waals surface area (Å²) in [5.41, 5.74) is 6.15. The van der Waals surface area contributed by atoms with E-state index in [-0.39, 0.29) is 17.8 Å². The fourth-order valence-electron chi connectivity index (χ4n) is 1.42. The lowest BCUT2D eigenvalue weighted by Gasteiger charge is -2.28. The number of hydrogen-bond acceptors (Lipinski definition) is 3. The van der Waals surface area contributed by atoms with E-state index in [4.69, 9.17) is 5.73 Å². The van der Waals surface area contributed by atoms with Gasteiger partial charge in [0.1, 0.15) is 5.82 Å². The summed E-state index contributed by atoms with van der Waals surface area (Å²) in [7, 11) is 1.79. The maximum absolute atomic E-state index is 12.1. The van der Waals surface area contributed by atoms with Crippen molar-refractivity contribution in [3.63, 3.8) is 0 Å². The third kappa shape index (κ3) is 2.51. The van der Waals surface area contributed by atoms with Gasteiger partial charge in [-0.15, -0.1) is 0 Å². The van der Waals surface area contributed by atoms with E-state index in [0.717, 1.165) is 0 Å². The van der Waals surface area contributed by atoms with Crippen LogP contribution in [0.2, 0.25) is 0 Å². The Morgan fingerprint density at radius 2 is 2.06 bits per heavy atom. The monoisotopic (exact) mass is 221 g/mol. The summed E-state index contributed by atoms with van der Waals surface area (Å²) in [6.07, 6.45) is 1.58. The molecule has 1 atom stereocenters. The normalized spacial score (nSPS) is 12.6. The summed E-state index contributed by atoms with van der Waals surface area (Å²) in [5.74, 6) is 0.619. The zero-order chi connectivity index (χ0) is 12.3. The first kappa shape index (κ1) is 12.5. The van der Waals surface area contributed by atoms with Crippen LogP contribution in [0.3, 0.4) is 0 Å². The molecule has 0 aliphatic carbocycles. The summed E-state index contributed by atoms with van der Waals surface area (Å²) >= 11 is 0. The van der Waals surface area contributed by atoms with Crippen LogP contribution < -0.4 is 5.73 Å². The van der Waals surface area contributed by atoms with Crippen LogP contribution >= 0.6 is 0 Å². The van der Waals surface area contributed by atoms with Crippen LogP contribution in [0, 0.1) is 5.92 Å². The minimum atomic E-state index is -0.0770. The quantitative estimate of drug-likeness (QED) is 0.846. The van der Waals surface area contributed by atoms with Gasteiger partial charge in [0.2, 0.25) is 0 Å². The number of hydrogen-bond donors (Lipinski definition) is 1. The van der Waals surface area contributed by atoms with Gasteiger partial charge in [-0.1, -0.05) is 13.8 Å². The van der Waals surface area contributed by atoms with Crippen LogP contribution in [0.5, 0.6) is 0 Å². The Balaban J connectivity index is 2.91. The number of rotatable bonds is 3. The Bertz CT molecular complexity index is 376. The second kappa shape index (κ2) is 4.96. The predicted molar refractivity (Wildman–Crippen MR) is 65.0 cm³/mol. The van der Waals surface area contributed by atoms with Crippen molar-refractivity contribution in [2.24, 2.45) is 5.92 Å². The summed E-state index contributed by atoms with van der Waals surface area (Å²) in [6.45, 7) is 6.19. The molecular formula is C12H19N3O. The molecule has 2 N–H and O–H groups in total. The third-order valence-corrected chi connectivity index (χ3v) is 2.96. The van der Waals surface area contributed by atoms with Gasteiger partial charge in [0, 0.05) is 19.3 Å². The van der Waals surface area contributed by atoms with Gasteiger partial charge in [-0.3, -0.25) is 4.79 Å². The van der Waals surface area contributed by atoms with Crippen LogP contribution in [0.4, 0.5) is 5.82 Å². The number of amides is 1. The zero-order valence-electron chi connectivity index (χ0n) is 10.3. The molecule has 4 heteroatoms. The van der Waals surface area contributed by atoms with Crippen molar-refractivity contribution >= 4 is 11.7 Å². The topological polar surface area (TPSA) is 59.2 Å². The van der Waals surface area contributed by atoms with Gasteiger partial charge in [0.05, 0.1) is 5.56 Å². The van der Waals surface area contributed by atoms with Crippen LogP contribution in [-0.2, 0) is 0 Å². The van der Waals surface area contributed by atoms with Crippen molar-refractivity contribution in [2.45, 2.75) is 26.8 Å². The fourth-order valence-corrected chi connectivity index (χ4v) is 1.42. The molecule has 88 valence electrons. The molecule has 0 fully saturated rings. The average molecular weight is 221 g/mol. The second-order valence-corrected chi connectivity index (χ2v) is 4.34. The second-order valence-electron chi connectivity index (χ2n) is 4.34. The molecule has 1 aromatic rings. The first-order valence-corrected chi connectivity index (χ1v) is 5.42. The van der Waals surface area contributed by atoms with Gasteiger partial charge < -0.3 is 10.6 Å². The van der Waals surface area contributed by atoms with E-state index in [1.165, 1.54) is 0 Å². The Morgan fingerprint density at radius 3 is 2.56 bits per heavy atom. The van der Waals surface area contributed by atoms with Gasteiger partial charge in [-0.05, 0) is 25.0 Å². The molecule has 0 saturated heterocycles. The van der Waals surface area contributed by atoms with Crippen molar-refractivity contribution in [3.8, 4) is 0 Å². The first-order chi connectivity index (χ1) is 7.45. The molecule has 0 bridgehead atoms. The molecule has 16 heavy (non-hydrogen) atoms. The lowest BCUT2D eigenvalue weighted by atomic mass is 10.0. The fraction of sp³-hybridized carbons (Fsp3) is 0.500. The average Bonchev–Trinajstić information content (AvgIpc) is 2.26. The highest BCUT2D eigenvalue weighted by Gasteiger charge is 2.21. The molecule has 1 aromatic heterocycles. The van der Waals surface area contributed by atoms with Gasteiger partial charge in [0.25, 0.3) is 5.91 Å². The molecule has 0 aliphatic rings. The summed E-state index contributed by atoms with van der Waals surface area (Å²) < 4.78 is 0. The van der Waals surface area contributed by atoms with E-state index in [2.05, 4.69) is 18.8 Å². The van der Waals surface area contributed by atoms with Gasteiger partial charge in [-0.2, -0.15) is 0 Å². The van der Waals surface area contributed by atoms with Crippen LogP contribution in [-0.4, -0.2) is 28.9 Å². The Morgan fingerprint density at radius 1 is 1.44 bits per heavy atom. The minimum absolute atomic E-state index is 0.0770. The number of nitrogen functional groups attached to an aromatic ring is 1. The Kier molecular flexibility index (Phi) is 3.88. The van der Waals surface area contributed by atoms with Crippen molar-refractivity contribution in [1.29, 1.82) is 0 Å². The first-order valence-electron chi connectivity index (χ1n) is 5.42. The highest BCUT2D eigenvalue weighted by atomic mass is 16.2. The molecule has 0 saturated carbocycles. The van der Waals surface area contributed by atoms with Crippen molar-refractivity contribution < 1.29 is 4.79 Å². The van der Waals surface area contributed by atoms with E-state index >= 15 is 0 Å². The molecule has 0 aromatic carbocycles. The van der Waals surface area contributed by atoms with Gasteiger partial charge >= 0.3 is 0 Å². The van der Waals surface area contributed by atoms with E-state index in [9.17, 15) is 4.79 Å². The molecule has 1 heterocycles. The number of nitrogens with two attached hydrogens (primary N) is 1. The van der Waals surface area contributed by atoms with E-state index in [1.807, 2.05) is 6.92 Å². The molecule has 4 nitrogen and oxygen atoms in total.